The molecule has 1 N–H and O–H groups in total. The number of rotatable bonds is 8. The van der Waals surface area contributed by atoms with Gasteiger partial charge in [-0.3, -0.25) is 4.79 Å². The van der Waals surface area contributed by atoms with Crippen molar-refractivity contribution in [3.05, 3.63) is 94.8 Å². The molecule has 3 aromatic carbocycles. The Morgan fingerprint density at radius 1 is 1.03 bits per heavy atom. The van der Waals surface area contributed by atoms with Gasteiger partial charge in [-0.25, -0.2) is 4.39 Å². The summed E-state index contributed by atoms with van der Waals surface area (Å²) < 4.78 is 20.2. The zero-order valence-corrected chi connectivity index (χ0v) is 17.4. The molecule has 1 heterocycles. The summed E-state index contributed by atoms with van der Waals surface area (Å²) in [5, 5.41) is 8.77. The van der Waals surface area contributed by atoms with Crippen molar-refractivity contribution in [2.75, 3.05) is 11.4 Å². The fraction of sp³-hybridized carbons (Fsp3) is 0.269. The first-order valence-corrected chi connectivity index (χ1v) is 10.6. The van der Waals surface area contributed by atoms with Gasteiger partial charge in [0.1, 0.15) is 18.2 Å². The van der Waals surface area contributed by atoms with Gasteiger partial charge < -0.3 is 14.7 Å². The highest BCUT2D eigenvalue weighted by atomic mass is 19.1. The molecule has 1 aliphatic rings. The van der Waals surface area contributed by atoms with Crippen LogP contribution in [0.15, 0.2) is 66.7 Å². The molecule has 0 aliphatic carbocycles. The van der Waals surface area contributed by atoms with Gasteiger partial charge in [-0.1, -0.05) is 48.5 Å². The molecular formula is C26H26FNO3. The van der Waals surface area contributed by atoms with E-state index in [9.17, 15) is 9.18 Å². The van der Waals surface area contributed by atoms with Gasteiger partial charge in [0, 0.05) is 31.3 Å². The van der Waals surface area contributed by atoms with Crippen LogP contribution in [0.1, 0.15) is 35.1 Å². The molecule has 4 rings (SSSR count). The van der Waals surface area contributed by atoms with Gasteiger partial charge in [0.25, 0.3) is 0 Å². The minimum atomic E-state index is -0.930. The average Bonchev–Trinajstić information content (AvgIpc) is 2.78. The van der Waals surface area contributed by atoms with Crippen LogP contribution in [0.5, 0.6) is 5.75 Å². The first-order valence-electron chi connectivity index (χ1n) is 10.6. The lowest BCUT2D eigenvalue weighted by Crippen LogP contribution is -2.28. The molecule has 0 bridgehead atoms. The monoisotopic (exact) mass is 419 g/mol. The number of anilines is 1. The van der Waals surface area contributed by atoms with Crippen molar-refractivity contribution in [2.45, 2.75) is 38.8 Å². The molecule has 0 saturated carbocycles. The maximum Gasteiger partial charge on any atom is 0.303 e. The highest BCUT2D eigenvalue weighted by Gasteiger charge is 2.18. The van der Waals surface area contributed by atoms with Gasteiger partial charge in [-0.15, -0.1) is 0 Å². The van der Waals surface area contributed by atoms with Crippen molar-refractivity contribution < 1.29 is 19.0 Å². The molecule has 3 aromatic rings. The fourth-order valence-corrected chi connectivity index (χ4v) is 3.98. The summed E-state index contributed by atoms with van der Waals surface area (Å²) in [6, 6.07) is 21.5. The lowest BCUT2D eigenvalue weighted by atomic mass is 10.0. The number of carbonyl (C=O) groups is 1. The lowest BCUT2D eigenvalue weighted by Gasteiger charge is -2.31. The highest BCUT2D eigenvalue weighted by Crippen LogP contribution is 2.32. The van der Waals surface area contributed by atoms with Crippen LogP contribution >= 0.6 is 0 Å². The maximum atomic E-state index is 14.3. The maximum absolute atomic E-state index is 14.3. The van der Waals surface area contributed by atoms with Gasteiger partial charge in [-0.2, -0.15) is 0 Å². The summed E-state index contributed by atoms with van der Waals surface area (Å²) in [5.41, 5.74) is 4.93. The van der Waals surface area contributed by atoms with Crippen molar-refractivity contribution >= 4 is 11.7 Å². The second kappa shape index (κ2) is 9.65. The summed E-state index contributed by atoms with van der Waals surface area (Å²) >= 11 is 0. The summed E-state index contributed by atoms with van der Waals surface area (Å²) in [4.78, 5) is 13.1. The quantitative estimate of drug-likeness (QED) is 0.533. The van der Waals surface area contributed by atoms with Gasteiger partial charge in [0.2, 0.25) is 0 Å². The number of fused-ring (bicyclic) bond motifs is 1. The van der Waals surface area contributed by atoms with Crippen LogP contribution in [0.2, 0.25) is 0 Å². The Balaban J connectivity index is 1.43. The van der Waals surface area contributed by atoms with E-state index in [1.807, 2.05) is 12.1 Å². The number of halogens is 1. The number of carboxylic acid groups (broad SMARTS) is 1. The van der Waals surface area contributed by atoms with Gasteiger partial charge in [0.05, 0.1) is 0 Å². The smallest absolute Gasteiger partial charge is 0.303 e. The van der Waals surface area contributed by atoms with Gasteiger partial charge in [-0.05, 0) is 53.6 Å². The Bertz CT molecular complexity index is 1050. The molecule has 4 nitrogen and oxygen atoms in total. The number of carboxylic acids is 1. The van der Waals surface area contributed by atoms with Crippen molar-refractivity contribution in [1.29, 1.82) is 0 Å². The van der Waals surface area contributed by atoms with Crippen LogP contribution in [-0.2, 0) is 30.8 Å². The van der Waals surface area contributed by atoms with E-state index in [0.29, 0.717) is 5.56 Å². The minimum Gasteiger partial charge on any atom is -0.489 e. The topological polar surface area (TPSA) is 49.8 Å². The molecule has 0 aromatic heterocycles. The van der Waals surface area contributed by atoms with Crippen LogP contribution in [0.25, 0.3) is 0 Å². The van der Waals surface area contributed by atoms with Crippen molar-refractivity contribution in [3.63, 3.8) is 0 Å². The van der Waals surface area contributed by atoms with Crippen LogP contribution in [0.3, 0.4) is 0 Å². The normalized spacial score (nSPS) is 13.0. The van der Waals surface area contributed by atoms with Crippen molar-refractivity contribution in [3.8, 4) is 5.75 Å². The average molecular weight is 419 g/mol. The SMILES string of the molecule is O=C(O)CCc1ccc(COc2ccc3c(c2)N(Cc2ccccc2)CCC3)cc1F. The van der Waals surface area contributed by atoms with E-state index in [1.54, 1.807) is 12.1 Å². The molecule has 31 heavy (non-hydrogen) atoms. The van der Waals surface area contributed by atoms with Gasteiger partial charge >= 0.3 is 5.97 Å². The predicted molar refractivity (Wildman–Crippen MR) is 119 cm³/mol. The third-order valence-electron chi connectivity index (χ3n) is 5.62. The Morgan fingerprint density at radius 3 is 2.65 bits per heavy atom. The second-order valence-electron chi connectivity index (χ2n) is 7.91. The second-order valence-corrected chi connectivity index (χ2v) is 7.91. The fourth-order valence-electron chi connectivity index (χ4n) is 3.98. The van der Waals surface area contributed by atoms with E-state index in [-0.39, 0.29) is 25.3 Å². The Hall–Kier alpha value is -3.34. The standard InChI is InChI=1S/C26H26FNO3/c27-24-15-20(8-9-21(24)11-13-26(29)30)18-31-23-12-10-22-7-4-14-28(25(22)16-23)17-19-5-2-1-3-6-19/h1-3,5-6,8-10,12,15-16H,4,7,11,13-14,17-18H2,(H,29,30). The van der Waals surface area contributed by atoms with Gasteiger partial charge in [0.15, 0.2) is 0 Å². The van der Waals surface area contributed by atoms with Crippen LogP contribution in [-0.4, -0.2) is 17.6 Å². The third-order valence-corrected chi connectivity index (χ3v) is 5.62. The lowest BCUT2D eigenvalue weighted by molar-refractivity contribution is -0.136. The number of aryl methyl sites for hydroxylation is 2. The molecule has 0 amide bonds. The molecule has 0 atom stereocenters. The largest absolute Gasteiger partial charge is 0.489 e. The Kier molecular flexibility index (Phi) is 6.51. The Labute approximate surface area is 181 Å². The number of hydrogen-bond acceptors (Lipinski definition) is 3. The van der Waals surface area contributed by atoms with Crippen LogP contribution in [0.4, 0.5) is 10.1 Å². The number of benzene rings is 3. The van der Waals surface area contributed by atoms with Crippen molar-refractivity contribution in [2.24, 2.45) is 0 Å². The van der Waals surface area contributed by atoms with Crippen LogP contribution < -0.4 is 9.64 Å². The first kappa shape index (κ1) is 20.9. The molecular weight excluding hydrogens is 393 g/mol. The van der Waals surface area contributed by atoms with E-state index < -0.39 is 5.97 Å². The van der Waals surface area contributed by atoms with Crippen molar-refractivity contribution in [1.82, 2.24) is 0 Å². The molecule has 0 radical (unpaired) electrons. The number of nitrogens with zero attached hydrogens (tertiary/aromatic N) is 1. The first-order chi connectivity index (χ1) is 15.1. The molecule has 160 valence electrons. The van der Waals surface area contributed by atoms with Crippen LogP contribution in [0, 0.1) is 5.82 Å². The zero-order chi connectivity index (χ0) is 21.6. The third kappa shape index (κ3) is 5.43. The van der Waals surface area contributed by atoms with E-state index in [4.69, 9.17) is 9.84 Å². The summed E-state index contributed by atoms with van der Waals surface area (Å²) in [5.74, 6) is -0.559. The minimum absolute atomic E-state index is 0.0820. The molecule has 0 spiro atoms. The summed E-state index contributed by atoms with van der Waals surface area (Å²) in [6.45, 7) is 2.13. The zero-order valence-electron chi connectivity index (χ0n) is 17.4. The van der Waals surface area contributed by atoms with E-state index in [1.165, 1.54) is 22.9 Å². The molecule has 5 heteroatoms. The number of hydrogen-bond donors (Lipinski definition) is 1. The number of ether oxygens (including phenoxy) is 1. The molecule has 0 saturated heterocycles. The van der Waals surface area contributed by atoms with E-state index in [0.717, 1.165) is 37.2 Å². The number of aliphatic carboxylic acids is 1. The van der Waals surface area contributed by atoms with E-state index >= 15 is 0 Å². The molecule has 0 unspecified atom stereocenters. The Morgan fingerprint density at radius 2 is 1.87 bits per heavy atom. The van der Waals surface area contributed by atoms with E-state index in [2.05, 4.69) is 41.3 Å². The predicted octanol–water partition coefficient (Wildman–Crippen LogP) is 5.37. The molecule has 1 aliphatic heterocycles. The molecule has 0 fully saturated rings. The summed E-state index contributed by atoms with van der Waals surface area (Å²) in [7, 11) is 0. The summed E-state index contributed by atoms with van der Waals surface area (Å²) in [6.07, 6.45) is 2.29. The highest BCUT2D eigenvalue weighted by molar-refractivity contribution is 5.67.